The zero-order chi connectivity index (χ0) is 0. The number of rotatable bonds is 0. The summed E-state index contributed by atoms with van der Waals surface area (Å²) in [6, 6.07) is 0. The minimum Gasteiger partial charge on any atom is -0.114 e. The Hall–Kier alpha value is 2.69. The van der Waals surface area contributed by atoms with Crippen LogP contribution in [0.4, 0.5) is 0 Å². The molecule has 0 aromatic rings. The smallest absolute Gasteiger partial charge is 0 e. The van der Waals surface area contributed by atoms with Crippen LogP contribution in [0.25, 0.3) is 0 Å². The van der Waals surface area contributed by atoms with Gasteiger partial charge < -0.3 is 0 Å². The van der Waals surface area contributed by atoms with Crippen molar-refractivity contribution in [3.8, 4) is 0 Å². The first kappa shape index (κ1) is 30.0. The fourth-order valence-corrected chi connectivity index (χ4v) is 0. The molecule has 0 aliphatic heterocycles. The molecule has 0 atom stereocenters. The first-order valence-electron chi connectivity index (χ1n) is 0. The standard InChI is InChI=1S/3BrH.Er/h3*1H;. The third-order valence-corrected chi connectivity index (χ3v) is 0. The maximum absolute atomic E-state index is 0. The van der Waals surface area contributed by atoms with Crippen LogP contribution < -0.4 is 0 Å². The van der Waals surface area contributed by atoms with Crippen LogP contribution in [0.1, 0.15) is 0 Å². The molecule has 0 bridgehead atoms. The zero-order valence-corrected chi connectivity index (χ0v) is 8.50. The quantitative estimate of drug-likeness (QED) is 0.571. The van der Waals surface area contributed by atoms with Gasteiger partial charge in [-0.2, -0.15) is 0 Å². The van der Waals surface area contributed by atoms with E-state index in [4.69, 9.17) is 0 Å². The third kappa shape index (κ3) is 8.82. The summed E-state index contributed by atoms with van der Waals surface area (Å²) in [7, 11) is 0. The van der Waals surface area contributed by atoms with Crippen molar-refractivity contribution in [1.82, 2.24) is 0 Å². The predicted octanol–water partition coefficient (Wildman–Crippen LogP) is 1.73. The first-order valence-corrected chi connectivity index (χ1v) is 0. The van der Waals surface area contributed by atoms with Gasteiger partial charge in [-0.1, -0.05) is 0 Å². The Morgan fingerprint density at radius 1 is 0.500 bits per heavy atom. The van der Waals surface area contributed by atoms with Crippen molar-refractivity contribution in [2.75, 3.05) is 0 Å². The van der Waals surface area contributed by atoms with Crippen LogP contribution in [-0.4, -0.2) is 0 Å². The summed E-state index contributed by atoms with van der Waals surface area (Å²) in [6.07, 6.45) is 0. The van der Waals surface area contributed by atoms with Crippen molar-refractivity contribution in [2.24, 2.45) is 0 Å². The second-order valence-electron chi connectivity index (χ2n) is 0. The summed E-state index contributed by atoms with van der Waals surface area (Å²) in [5.41, 5.74) is 0. The second kappa shape index (κ2) is 17.3. The van der Waals surface area contributed by atoms with Crippen LogP contribution in [0.15, 0.2) is 0 Å². The van der Waals surface area contributed by atoms with Crippen LogP contribution in [0, 0.1) is 37.3 Å². The average molecular weight is 410 g/mol. The first-order chi connectivity index (χ1) is 0. The topological polar surface area (TPSA) is 0 Å². The Balaban J connectivity index is 0. The van der Waals surface area contributed by atoms with E-state index in [1.54, 1.807) is 0 Å². The van der Waals surface area contributed by atoms with Crippen LogP contribution in [0.2, 0.25) is 0 Å². The Bertz CT molecular complexity index is 3.25. The molecule has 0 nitrogen and oxygen atoms in total. The van der Waals surface area contributed by atoms with Gasteiger partial charge in [0.2, 0.25) is 0 Å². The van der Waals surface area contributed by atoms with Gasteiger partial charge in [0.05, 0.1) is 0 Å². The summed E-state index contributed by atoms with van der Waals surface area (Å²) in [5, 5.41) is 0. The Kier molecular flexibility index (Phi) is 130. The summed E-state index contributed by atoms with van der Waals surface area (Å²) in [5.74, 6) is 0. The molecule has 0 aliphatic carbocycles. The molecule has 0 unspecified atom stereocenters. The Labute approximate surface area is 86.6 Å². The van der Waals surface area contributed by atoms with E-state index in [2.05, 4.69) is 0 Å². The molecule has 0 N–H and O–H groups in total. The van der Waals surface area contributed by atoms with Gasteiger partial charge in [-0.3, -0.25) is 0 Å². The molecule has 0 radical (unpaired) electrons. The molecule has 0 aliphatic rings. The van der Waals surface area contributed by atoms with Crippen LogP contribution in [-0.2, 0) is 0 Å². The van der Waals surface area contributed by atoms with E-state index in [1.165, 1.54) is 0 Å². The van der Waals surface area contributed by atoms with Gasteiger partial charge in [-0.25, -0.2) is 0 Å². The molecule has 0 fully saturated rings. The molecule has 36 valence electrons. The van der Waals surface area contributed by atoms with E-state index < -0.39 is 0 Å². The fourth-order valence-electron chi connectivity index (χ4n) is 0. The largest absolute Gasteiger partial charge is 0.114 e. The minimum absolute atomic E-state index is 0. The number of halogens is 3. The zero-order valence-electron chi connectivity index (χ0n) is 1.51. The summed E-state index contributed by atoms with van der Waals surface area (Å²) in [4.78, 5) is 0. The van der Waals surface area contributed by atoms with Gasteiger partial charge in [0.15, 0.2) is 0 Å². The Morgan fingerprint density at radius 2 is 0.500 bits per heavy atom. The van der Waals surface area contributed by atoms with Crippen LogP contribution in [0.3, 0.4) is 0 Å². The molecule has 0 spiro atoms. The van der Waals surface area contributed by atoms with Crippen molar-refractivity contribution in [1.29, 1.82) is 0 Å². The van der Waals surface area contributed by atoms with E-state index in [0.29, 0.717) is 0 Å². The van der Waals surface area contributed by atoms with Crippen LogP contribution in [0.5, 0.6) is 0 Å². The molecular formula is H3Br3Er. The van der Waals surface area contributed by atoms with Gasteiger partial charge >= 0.3 is 0 Å². The fraction of sp³-hybridized carbons (Fsp3) is 0. The van der Waals surface area contributed by atoms with E-state index in [9.17, 15) is 0 Å². The van der Waals surface area contributed by atoms with Crippen molar-refractivity contribution in [3.05, 3.63) is 0 Å². The number of hydrogen-bond donors (Lipinski definition) is 0. The summed E-state index contributed by atoms with van der Waals surface area (Å²) >= 11 is 0. The molecule has 0 aromatic heterocycles. The monoisotopic (exact) mass is 406 g/mol. The van der Waals surface area contributed by atoms with Crippen molar-refractivity contribution >= 4 is 50.9 Å². The maximum Gasteiger partial charge on any atom is 0 e. The molecule has 0 rings (SSSR count). The van der Waals surface area contributed by atoms with Gasteiger partial charge in [-0.15, -0.1) is 50.9 Å². The van der Waals surface area contributed by atoms with Gasteiger partial charge in [0.25, 0.3) is 0 Å². The molecule has 0 amide bonds. The van der Waals surface area contributed by atoms with Crippen molar-refractivity contribution in [2.45, 2.75) is 0 Å². The third-order valence-electron chi connectivity index (χ3n) is 0. The van der Waals surface area contributed by atoms with E-state index >= 15 is 0 Å². The number of hydrogen-bond acceptors (Lipinski definition) is 0. The van der Waals surface area contributed by atoms with Gasteiger partial charge in [0, 0.05) is 37.3 Å². The molecular weight excluding hydrogens is 407 g/mol. The van der Waals surface area contributed by atoms with E-state index in [-0.39, 0.29) is 88.2 Å². The van der Waals surface area contributed by atoms with E-state index in [0.717, 1.165) is 0 Å². The predicted molar refractivity (Wildman–Crippen MR) is 31.0 cm³/mol. The molecule has 4 heavy (non-hydrogen) atoms. The summed E-state index contributed by atoms with van der Waals surface area (Å²) < 4.78 is 0. The second-order valence-corrected chi connectivity index (χ2v) is 0. The van der Waals surface area contributed by atoms with E-state index in [1.807, 2.05) is 0 Å². The molecule has 0 saturated carbocycles. The molecule has 0 saturated heterocycles. The molecule has 4 heteroatoms. The minimum atomic E-state index is 0. The van der Waals surface area contributed by atoms with Crippen molar-refractivity contribution < 1.29 is 37.3 Å². The molecule has 0 aromatic carbocycles. The van der Waals surface area contributed by atoms with Crippen LogP contribution >= 0.6 is 50.9 Å². The Morgan fingerprint density at radius 3 is 0.500 bits per heavy atom. The summed E-state index contributed by atoms with van der Waals surface area (Å²) in [6.45, 7) is 0. The van der Waals surface area contributed by atoms with Gasteiger partial charge in [-0.05, 0) is 0 Å². The van der Waals surface area contributed by atoms with Crippen molar-refractivity contribution in [3.63, 3.8) is 0 Å². The average Bonchev–Trinajstić information content (AvgIpc) is 0. The van der Waals surface area contributed by atoms with Gasteiger partial charge in [0.1, 0.15) is 0 Å². The SMILES string of the molecule is Br.Br.Br.[Er]. The molecule has 0 heterocycles. The maximum atomic E-state index is 0. The normalized spacial score (nSPS) is 0.